The van der Waals surface area contributed by atoms with Crippen molar-refractivity contribution in [2.45, 2.75) is 12.5 Å². The number of carboxylic acids is 1. The Bertz CT molecular complexity index is 656. The van der Waals surface area contributed by atoms with Crippen molar-refractivity contribution in [1.82, 2.24) is 4.90 Å². The number of imide groups is 1. The Morgan fingerprint density at radius 1 is 1.48 bits per heavy atom. The molecule has 2 amide bonds. The van der Waals surface area contributed by atoms with Crippen LogP contribution in [0.3, 0.4) is 0 Å². The van der Waals surface area contributed by atoms with Crippen molar-refractivity contribution in [2.75, 3.05) is 12.4 Å². The molecule has 1 saturated heterocycles. The summed E-state index contributed by atoms with van der Waals surface area (Å²) in [5.41, 5.74) is -0.714. The third-order valence-corrected chi connectivity index (χ3v) is 3.15. The number of nitrogens with zero attached hydrogens (tertiary/aromatic N) is 2. The zero-order chi connectivity index (χ0) is 15.7. The molecule has 1 aliphatic heterocycles. The molecule has 1 unspecified atom stereocenters. The molecular formula is C12H11N3O6. The number of anilines is 1. The first-order valence-electron chi connectivity index (χ1n) is 5.90. The molecule has 0 bridgehead atoms. The van der Waals surface area contributed by atoms with Gasteiger partial charge in [0.2, 0.25) is 5.91 Å². The SMILES string of the molecule is CN1C(=O)CC(Nc2ccc(C(=O)O)cc2[N+](=O)[O-])C1=O. The van der Waals surface area contributed by atoms with Gasteiger partial charge in [-0.05, 0) is 12.1 Å². The largest absolute Gasteiger partial charge is 0.478 e. The third-order valence-electron chi connectivity index (χ3n) is 3.15. The number of rotatable bonds is 4. The molecule has 1 fully saturated rings. The minimum atomic E-state index is -1.29. The number of nitro groups is 1. The van der Waals surface area contributed by atoms with Crippen molar-refractivity contribution in [3.05, 3.63) is 33.9 Å². The summed E-state index contributed by atoms with van der Waals surface area (Å²) in [5, 5.41) is 22.4. The van der Waals surface area contributed by atoms with Gasteiger partial charge in [-0.1, -0.05) is 0 Å². The number of benzene rings is 1. The Morgan fingerprint density at radius 2 is 2.14 bits per heavy atom. The molecule has 9 heteroatoms. The Kier molecular flexibility index (Phi) is 3.57. The number of amides is 2. The van der Waals surface area contributed by atoms with E-state index in [0.29, 0.717) is 0 Å². The fourth-order valence-corrected chi connectivity index (χ4v) is 1.99. The Balaban J connectivity index is 2.32. The topological polar surface area (TPSA) is 130 Å². The lowest BCUT2D eigenvalue weighted by Gasteiger charge is -2.12. The summed E-state index contributed by atoms with van der Waals surface area (Å²) in [4.78, 5) is 45.2. The van der Waals surface area contributed by atoms with Crippen molar-refractivity contribution in [2.24, 2.45) is 0 Å². The van der Waals surface area contributed by atoms with Gasteiger partial charge in [0.05, 0.1) is 16.9 Å². The second kappa shape index (κ2) is 5.19. The number of carboxylic acid groups (broad SMARTS) is 1. The standard InChI is InChI=1S/C12H11N3O6/c1-14-10(16)5-8(11(14)17)13-7-3-2-6(12(18)19)4-9(7)15(20)21/h2-4,8,13H,5H2,1H3,(H,18,19). The fourth-order valence-electron chi connectivity index (χ4n) is 1.99. The van der Waals surface area contributed by atoms with Gasteiger partial charge in [0, 0.05) is 13.1 Å². The molecule has 21 heavy (non-hydrogen) atoms. The second-order valence-corrected chi connectivity index (χ2v) is 4.49. The zero-order valence-electron chi connectivity index (χ0n) is 10.9. The lowest BCUT2D eigenvalue weighted by Crippen LogP contribution is -2.32. The van der Waals surface area contributed by atoms with Crippen LogP contribution in [0.25, 0.3) is 0 Å². The minimum absolute atomic E-state index is 0.00792. The van der Waals surface area contributed by atoms with E-state index in [0.717, 1.165) is 11.0 Å². The van der Waals surface area contributed by atoms with E-state index in [1.54, 1.807) is 0 Å². The highest BCUT2D eigenvalue weighted by Crippen LogP contribution is 2.28. The number of hydrogen-bond donors (Lipinski definition) is 2. The molecule has 1 aromatic rings. The molecule has 0 aliphatic carbocycles. The number of likely N-dealkylation sites (tertiary alicyclic amines) is 1. The van der Waals surface area contributed by atoms with Crippen LogP contribution in [0.2, 0.25) is 0 Å². The second-order valence-electron chi connectivity index (χ2n) is 4.49. The van der Waals surface area contributed by atoms with Crippen molar-refractivity contribution < 1.29 is 24.4 Å². The van der Waals surface area contributed by atoms with Crippen molar-refractivity contribution in [3.8, 4) is 0 Å². The van der Waals surface area contributed by atoms with E-state index in [9.17, 15) is 24.5 Å². The highest BCUT2D eigenvalue weighted by atomic mass is 16.6. The number of aromatic carboxylic acids is 1. The summed E-state index contributed by atoms with van der Waals surface area (Å²) in [6.45, 7) is 0. The van der Waals surface area contributed by atoms with Crippen molar-refractivity contribution >= 4 is 29.2 Å². The van der Waals surface area contributed by atoms with Crippen LogP contribution in [-0.4, -0.2) is 45.8 Å². The number of hydrogen-bond acceptors (Lipinski definition) is 6. The summed E-state index contributed by atoms with van der Waals surface area (Å²) in [7, 11) is 1.33. The van der Waals surface area contributed by atoms with Gasteiger partial charge >= 0.3 is 5.97 Å². The Hall–Kier alpha value is -2.97. The monoisotopic (exact) mass is 293 g/mol. The van der Waals surface area contributed by atoms with E-state index in [1.165, 1.54) is 19.2 Å². The van der Waals surface area contributed by atoms with E-state index in [-0.39, 0.29) is 23.6 Å². The maximum Gasteiger partial charge on any atom is 0.335 e. The molecule has 1 aromatic carbocycles. The first-order valence-corrected chi connectivity index (χ1v) is 5.90. The van der Waals surface area contributed by atoms with E-state index < -0.39 is 28.5 Å². The molecule has 110 valence electrons. The van der Waals surface area contributed by atoms with Gasteiger partial charge in [-0.3, -0.25) is 24.6 Å². The maximum absolute atomic E-state index is 11.8. The van der Waals surface area contributed by atoms with E-state index in [4.69, 9.17) is 5.11 Å². The quantitative estimate of drug-likeness (QED) is 0.468. The fraction of sp³-hybridized carbons (Fsp3) is 0.250. The predicted molar refractivity (Wildman–Crippen MR) is 69.9 cm³/mol. The van der Waals surface area contributed by atoms with Crippen molar-refractivity contribution in [3.63, 3.8) is 0 Å². The molecule has 2 rings (SSSR count). The highest BCUT2D eigenvalue weighted by Gasteiger charge is 2.37. The molecule has 2 N–H and O–H groups in total. The smallest absolute Gasteiger partial charge is 0.335 e. The molecule has 0 spiro atoms. The number of nitrogens with one attached hydrogen (secondary N) is 1. The third kappa shape index (κ3) is 2.66. The lowest BCUT2D eigenvalue weighted by atomic mass is 10.1. The van der Waals surface area contributed by atoms with Crippen molar-refractivity contribution in [1.29, 1.82) is 0 Å². The highest BCUT2D eigenvalue weighted by molar-refractivity contribution is 6.06. The van der Waals surface area contributed by atoms with Crippen LogP contribution in [0.4, 0.5) is 11.4 Å². The number of carbonyl (C=O) groups is 3. The molecule has 0 aromatic heterocycles. The van der Waals surface area contributed by atoms with Crippen LogP contribution in [0.15, 0.2) is 18.2 Å². The van der Waals surface area contributed by atoms with Crippen LogP contribution in [0.1, 0.15) is 16.8 Å². The molecule has 1 aliphatic rings. The summed E-state index contributed by atoms with van der Waals surface area (Å²) in [6, 6.07) is 2.40. The predicted octanol–water partition coefficient (Wildman–Crippen LogP) is 0.462. The normalized spacial score (nSPS) is 18.0. The van der Waals surface area contributed by atoms with Gasteiger partial charge < -0.3 is 10.4 Å². The zero-order valence-corrected chi connectivity index (χ0v) is 10.9. The van der Waals surface area contributed by atoms with Gasteiger partial charge in [-0.15, -0.1) is 0 Å². The van der Waals surface area contributed by atoms with Gasteiger partial charge in [-0.2, -0.15) is 0 Å². The number of likely N-dealkylation sites (N-methyl/N-ethyl adjacent to an activating group) is 1. The van der Waals surface area contributed by atoms with Crippen LogP contribution in [0.5, 0.6) is 0 Å². The van der Waals surface area contributed by atoms with Gasteiger partial charge in [0.15, 0.2) is 0 Å². The van der Waals surface area contributed by atoms with Gasteiger partial charge in [0.25, 0.3) is 11.6 Å². The Morgan fingerprint density at radius 3 is 2.62 bits per heavy atom. The van der Waals surface area contributed by atoms with Crippen LogP contribution >= 0.6 is 0 Å². The summed E-state index contributed by atoms with van der Waals surface area (Å²) in [5.74, 6) is -2.17. The molecule has 9 nitrogen and oxygen atoms in total. The molecule has 0 saturated carbocycles. The molecule has 0 radical (unpaired) electrons. The number of nitro benzene ring substituents is 1. The first kappa shape index (κ1) is 14.4. The molecule has 1 atom stereocenters. The number of carbonyl (C=O) groups excluding carboxylic acids is 2. The minimum Gasteiger partial charge on any atom is -0.478 e. The van der Waals surface area contributed by atoms with E-state index in [1.807, 2.05) is 0 Å². The summed E-state index contributed by atoms with van der Waals surface area (Å²) < 4.78 is 0. The van der Waals surface area contributed by atoms with Gasteiger partial charge in [0.1, 0.15) is 11.7 Å². The summed E-state index contributed by atoms with van der Waals surface area (Å²) in [6.07, 6.45) is -0.104. The van der Waals surface area contributed by atoms with Crippen LogP contribution in [-0.2, 0) is 9.59 Å². The van der Waals surface area contributed by atoms with Crippen LogP contribution < -0.4 is 5.32 Å². The average molecular weight is 293 g/mol. The lowest BCUT2D eigenvalue weighted by molar-refractivity contribution is -0.384. The average Bonchev–Trinajstić information content (AvgIpc) is 2.66. The Labute approximate surface area is 118 Å². The van der Waals surface area contributed by atoms with E-state index >= 15 is 0 Å². The molecular weight excluding hydrogens is 282 g/mol. The molecule has 1 heterocycles. The van der Waals surface area contributed by atoms with Crippen LogP contribution in [0, 0.1) is 10.1 Å². The summed E-state index contributed by atoms with van der Waals surface area (Å²) >= 11 is 0. The van der Waals surface area contributed by atoms with E-state index in [2.05, 4.69) is 5.32 Å². The van der Waals surface area contributed by atoms with Gasteiger partial charge in [-0.25, -0.2) is 4.79 Å². The first-order chi connectivity index (χ1) is 9.81. The maximum atomic E-state index is 11.8.